The van der Waals surface area contributed by atoms with E-state index < -0.39 is 0 Å². The number of benzene rings is 2. The van der Waals surface area contributed by atoms with Crippen LogP contribution in [0.1, 0.15) is 24.5 Å². The van der Waals surface area contributed by atoms with E-state index >= 15 is 0 Å². The molecule has 0 atom stereocenters. The summed E-state index contributed by atoms with van der Waals surface area (Å²) in [6.07, 6.45) is 3.30. The predicted octanol–water partition coefficient (Wildman–Crippen LogP) is 5.24. The number of nitrogens with zero attached hydrogens (tertiary/aromatic N) is 2. The smallest absolute Gasteiger partial charge is 0.258 e. The van der Waals surface area contributed by atoms with Crippen LogP contribution in [0.15, 0.2) is 71.5 Å². The van der Waals surface area contributed by atoms with E-state index in [4.69, 9.17) is 0 Å². The van der Waals surface area contributed by atoms with Gasteiger partial charge in [-0.15, -0.1) is 11.3 Å². The lowest BCUT2D eigenvalue weighted by atomic mass is 10.2. The van der Waals surface area contributed by atoms with Crippen molar-refractivity contribution < 1.29 is 9.18 Å². The summed E-state index contributed by atoms with van der Waals surface area (Å²) >= 11 is 1.52. The van der Waals surface area contributed by atoms with Gasteiger partial charge in [-0.05, 0) is 61.9 Å². The minimum absolute atomic E-state index is 0.0814. The van der Waals surface area contributed by atoms with Gasteiger partial charge in [0.15, 0.2) is 0 Å². The van der Waals surface area contributed by atoms with Crippen LogP contribution in [0.3, 0.4) is 0 Å². The van der Waals surface area contributed by atoms with Gasteiger partial charge in [0.1, 0.15) is 11.6 Å². The number of carbonyl (C=O) groups is 1. The van der Waals surface area contributed by atoms with E-state index in [0.29, 0.717) is 16.7 Å². The summed E-state index contributed by atoms with van der Waals surface area (Å²) in [4.78, 5) is 36.1. The topological polar surface area (TPSA) is 66.1 Å². The summed E-state index contributed by atoms with van der Waals surface area (Å²) in [7, 11) is 0. The molecule has 2 aromatic carbocycles. The number of hydrogen-bond acceptors (Lipinski definition) is 4. The molecule has 1 amide bonds. The second kappa shape index (κ2) is 9.28. The van der Waals surface area contributed by atoms with Gasteiger partial charge in [0.05, 0.1) is 17.4 Å². The molecule has 4 aromatic rings. The number of fused-ring (bicyclic) bond motifs is 1. The highest BCUT2D eigenvalue weighted by Gasteiger charge is 2.17. The fourth-order valence-corrected chi connectivity index (χ4v) is 4.26. The molecule has 0 unspecified atom stereocenters. The average molecular weight is 448 g/mol. The van der Waals surface area contributed by atoms with Gasteiger partial charge in [0.2, 0.25) is 5.91 Å². The number of nitrogens with one attached hydrogen (secondary N) is 1. The Hall–Kier alpha value is -3.58. The lowest BCUT2D eigenvalue weighted by molar-refractivity contribution is -0.128. The second-order valence-electron chi connectivity index (χ2n) is 7.63. The molecule has 4 rings (SSSR count). The van der Waals surface area contributed by atoms with Gasteiger partial charge in [-0.2, -0.15) is 0 Å². The molecule has 0 bridgehead atoms. The van der Waals surface area contributed by atoms with Crippen molar-refractivity contribution in [2.24, 2.45) is 0 Å². The van der Waals surface area contributed by atoms with E-state index in [2.05, 4.69) is 9.97 Å². The molecule has 0 radical (unpaired) electrons. The van der Waals surface area contributed by atoms with Crippen LogP contribution in [-0.2, 0) is 11.3 Å². The molecular formula is C25H22FN3O2S. The van der Waals surface area contributed by atoms with Gasteiger partial charge in [-0.1, -0.05) is 24.3 Å². The molecule has 162 valence electrons. The van der Waals surface area contributed by atoms with Crippen molar-refractivity contribution in [1.82, 2.24) is 14.9 Å². The molecule has 5 nitrogen and oxygen atoms in total. The van der Waals surface area contributed by atoms with Gasteiger partial charge in [-0.3, -0.25) is 9.59 Å². The number of aromatic nitrogens is 2. The first-order valence-corrected chi connectivity index (χ1v) is 11.0. The Morgan fingerprint density at radius 2 is 1.88 bits per heavy atom. The first-order valence-electron chi connectivity index (χ1n) is 10.2. The number of para-hydroxylation sites is 1. The molecule has 0 aliphatic carbocycles. The molecule has 0 saturated carbocycles. The van der Waals surface area contributed by atoms with Crippen molar-refractivity contribution in [2.75, 3.05) is 0 Å². The lowest BCUT2D eigenvalue weighted by Gasteiger charge is -2.25. The monoisotopic (exact) mass is 447 g/mol. The van der Waals surface area contributed by atoms with Crippen LogP contribution in [0.25, 0.3) is 27.4 Å². The van der Waals surface area contributed by atoms with Crippen molar-refractivity contribution >= 4 is 34.2 Å². The number of rotatable bonds is 6. The summed E-state index contributed by atoms with van der Waals surface area (Å²) in [6.45, 7) is 4.04. The normalized spacial score (nSPS) is 11.5. The van der Waals surface area contributed by atoms with Crippen molar-refractivity contribution in [1.29, 1.82) is 0 Å². The quantitative estimate of drug-likeness (QED) is 0.411. The van der Waals surface area contributed by atoms with Gasteiger partial charge < -0.3 is 9.88 Å². The summed E-state index contributed by atoms with van der Waals surface area (Å²) in [5.41, 5.74) is 1.31. The molecule has 0 aliphatic heterocycles. The van der Waals surface area contributed by atoms with E-state index in [0.717, 1.165) is 15.3 Å². The highest BCUT2D eigenvalue weighted by molar-refractivity contribution is 7.16. The Labute approximate surface area is 188 Å². The number of hydrogen-bond donors (Lipinski definition) is 1. The lowest BCUT2D eigenvalue weighted by Crippen LogP contribution is -2.36. The zero-order valence-electron chi connectivity index (χ0n) is 17.7. The summed E-state index contributed by atoms with van der Waals surface area (Å²) in [6, 6.07) is 17.2. The number of thiophene rings is 1. The van der Waals surface area contributed by atoms with Crippen LogP contribution in [0.5, 0.6) is 0 Å². The number of amides is 1. The minimum Gasteiger partial charge on any atom is -0.329 e. The Kier molecular flexibility index (Phi) is 6.28. The molecule has 0 saturated heterocycles. The van der Waals surface area contributed by atoms with E-state index in [1.165, 1.54) is 29.5 Å². The third-order valence-corrected chi connectivity index (χ3v) is 6.13. The summed E-state index contributed by atoms with van der Waals surface area (Å²) < 4.78 is 13.1. The van der Waals surface area contributed by atoms with Crippen molar-refractivity contribution in [2.45, 2.75) is 26.4 Å². The SMILES string of the molecule is CC(C)N(Cc1nc2ccccc2c(=O)[nH]1)C(=O)/C=C/c1ccc(-c2ccc(F)cc2)s1. The first kappa shape index (κ1) is 21.6. The number of aromatic amines is 1. The molecule has 7 heteroatoms. The van der Waals surface area contributed by atoms with Gasteiger partial charge >= 0.3 is 0 Å². The largest absolute Gasteiger partial charge is 0.329 e. The highest BCUT2D eigenvalue weighted by atomic mass is 32.1. The van der Waals surface area contributed by atoms with Gasteiger partial charge in [0, 0.05) is 21.9 Å². The van der Waals surface area contributed by atoms with Gasteiger partial charge in [-0.25, -0.2) is 9.37 Å². The summed E-state index contributed by atoms with van der Waals surface area (Å²) in [5.74, 6) is -0.00143. The first-order chi connectivity index (χ1) is 15.4. The average Bonchev–Trinajstić information content (AvgIpc) is 3.25. The maximum absolute atomic E-state index is 13.1. The highest BCUT2D eigenvalue weighted by Crippen LogP contribution is 2.29. The third kappa shape index (κ3) is 4.84. The Morgan fingerprint density at radius 3 is 2.62 bits per heavy atom. The summed E-state index contributed by atoms with van der Waals surface area (Å²) in [5, 5.41) is 0.522. The number of H-pyrrole nitrogens is 1. The Balaban J connectivity index is 1.51. The number of carbonyl (C=O) groups excluding carboxylic acids is 1. The molecular weight excluding hydrogens is 425 g/mol. The molecule has 32 heavy (non-hydrogen) atoms. The molecule has 0 aliphatic rings. The maximum Gasteiger partial charge on any atom is 0.258 e. The molecule has 0 fully saturated rings. The van der Waals surface area contributed by atoms with Crippen LogP contribution in [0.4, 0.5) is 4.39 Å². The Morgan fingerprint density at radius 1 is 1.12 bits per heavy atom. The van der Waals surface area contributed by atoms with Crippen LogP contribution in [0, 0.1) is 5.82 Å². The minimum atomic E-state index is -0.271. The molecule has 2 heterocycles. The molecule has 0 spiro atoms. The van der Waals surface area contributed by atoms with Crippen molar-refractivity contribution in [3.8, 4) is 10.4 Å². The second-order valence-corrected chi connectivity index (χ2v) is 8.75. The molecule has 1 N–H and O–H groups in total. The molecule has 2 aromatic heterocycles. The number of halogens is 1. The van der Waals surface area contributed by atoms with Crippen LogP contribution >= 0.6 is 11.3 Å². The van der Waals surface area contributed by atoms with E-state index in [-0.39, 0.29) is 29.9 Å². The maximum atomic E-state index is 13.1. The van der Waals surface area contributed by atoms with Crippen molar-refractivity contribution in [3.63, 3.8) is 0 Å². The van der Waals surface area contributed by atoms with Gasteiger partial charge in [0.25, 0.3) is 5.56 Å². The van der Waals surface area contributed by atoms with E-state index in [1.54, 1.807) is 41.3 Å². The fourth-order valence-electron chi connectivity index (χ4n) is 3.35. The van der Waals surface area contributed by atoms with Crippen LogP contribution in [-0.4, -0.2) is 26.8 Å². The standard InChI is InChI=1S/C25H22FN3O2S/c1-16(2)29(15-23-27-21-6-4-3-5-20(21)25(31)28-23)24(30)14-12-19-11-13-22(32-19)17-7-9-18(26)10-8-17/h3-14,16H,15H2,1-2H3,(H,27,28,31)/b14-12+. The fraction of sp³-hybridized carbons (Fsp3) is 0.160. The van der Waals surface area contributed by atoms with Crippen LogP contribution in [0.2, 0.25) is 0 Å². The third-order valence-electron chi connectivity index (χ3n) is 5.03. The van der Waals surface area contributed by atoms with Crippen molar-refractivity contribution in [3.05, 3.63) is 93.6 Å². The predicted molar refractivity (Wildman–Crippen MR) is 127 cm³/mol. The zero-order chi connectivity index (χ0) is 22.7. The zero-order valence-corrected chi connectivity index (χ0v) is 18.5. The van der Waals surface area contributed by atoms with E-state index in [1.807, 2.05) is 32.0 Å². The van der Waals surface area contributed by atoms with E-state index in [9.17, 15) is 14.0 Å². The van der Waals surface area contributed by atoms with Crippen LogP contribution < -0.4 is 5.56 Å². The Bertz CT molecular complexity index is 1340.